The fourth-order valence-electron chi connectivity index (χ4n) is 14.7. The van der Waals surface area contributed by atoms with Gasteiger partial charge >= 0.3 is 6.09 Å². The van der Waals surface area contributed by atoms with Crippen molar-refractivity contribution < 1.29 is 62.4 Å². The Hall–Kier alpha value is -8.82. The van der Waals surface area contributed by atoms with Crippen molar-refractivity contribution in [1.29, 1.82) is 0 Å². The van der Waals surface area contributed by atoms with E-state index in [4.69, 9.17) is 18.9 Å². The average molecular weight is 1320 g/mol. The minimum atomic E-state index is -1.39. The number of Topliss-reactive ketones (excluding diaryl/α,β-unsaturated/α-hetero) is 3. The van der Waals surface area contributed by atoms with Crippen molar-refractivity contribution in [2.24, 2.45) is 22.7 Å². The molecule has 97 heavy (non-hydrogen) atoms. The molecule has 0 aromatic heterocycles. The van der Waals surface area contributed by atoms with Crippen LogP contribution in [0.2, 0.25) is 0 Å². The van der Waals surface area contributed by atoms with Crippen molar-refractivity contribution >= 4 is 58.4 Å². The van der Waals surface area contributed by atoms with Crippen LogP contribution in [0.1, 0.15) is 185 Å². The predicted molar refractivity (Wildman–Crippen MR) is 369 cm³/mol. The molecule has 0 radical (unpaired) electrons. The third kappa shape index (κ3) is 16.1. The Bertz CT molecular complexity index is 3830. The SMILES string of the molecule is C=C/C1=C(\C=C)CN(C(=O)CCC(=O)CCCCCC(=O)C[C@H](C(=O)N[C@@H](C)C(=O)Cc2ccc(COC(=O)N3c4cc(OCCCCCOc5cc6c(cc5OC)C(=O)N5CC7(CC7)C[C@H]5CC6)c(C)cc4C(=O)N4CC5(CC5)C[C@H]4[C@@H]3O)cc2)C(C)C)c2ccccc2C#C1. The molecule has 5 heterocycles. The van der Waals surface area contributed by atoms with Gasteiger partial charge in [-0.2, -0.15) is 0 Å². The first-order valence-corrected chi connectivity index (χ1v) is 34.9. The van der Waals surface area contributed by atoms with Crippen LogP contribution in [-0.4, -0.2) is 126 Å². The molecule has 2 saturated heterocycles. The number of carbonyl (C=O) groups excluding carboxylic acids is 8. The predicted octanol–water partition coefficient (Wildman–Crippen LogP) is 12.3. The molecule has 4 aromatic carbocycles. The molecular formula is C79H93N5O13. The number of para-hydroxylation sites is 1. The number of methoxy groups -OCH3 is 1. The van der Waals surface area contributed by atoms with Crippen molar-refractivity contribution in [3.63, 3.8) is 0 Å². The highest BCUT2D eigenvalue weighted by atomic mass is 16.6. The van der Waals surface area contributed by atoms with E-state index in [1.54, 1.807) is 72.4 Å². The van der Waals surface area contributed by atoms with E-state index in [2.05, 4.69) is 35.2 Å². The number of unbranched alkanes of at least 4 members (excludes halogenated alkanes) is 4. The molecule has 5 amide bonds. The van der Waals surface area contributed by atoms with Gasteiger partial charge in [0.05, 0.1) is 55.9 Å². The molecule has 4 fully saturated rings. The Labute approximate surface area is 570 Å². The van der Waals surface area contributed by atoms with Crippen LogP contribution in [0.4, 0.5) is 16.2 Å². The number of nitrogens with zero attached hydrogens (tertiary/aromatic N) is 4. The third-order valence-corrected chi connectivity index (χ3v) is 21.0. The van der Waals surface area contributed by atoms with E-state index in [0.717, 1.165) is 62.6 Å². The van der Waals surface area contributed by atoms with Gasteiger partial charge in [0, 0.05) is 86.3 Å². The van der Waals surface area contributed by atoms with Crippen LogP contribution in [0.25, 0.3) is 0 Å². The van der Waals surface area contributed by atoms with Gasteiger partial charge in [-0.3, -0.25) is 33.6 Å². The average Bonchev–Trinajstić information content (AvgIpc) is 1.58. The fraction of sp³-hybridized carbons (Fsp3) is 0.494. The van der Waals surface area contributed by atoms with Crippen LogP contribution in [0.5, 0.6) is 17.2 Å². The summed E-state index contributed by atoms with van der Waals surface area (Å²) in [6.07, 6.45) is 13.6. The Kier molecular flexibility index (Phi) is 21.7. The van der Waals surface area contributed by atoms with Gasteiger partial charge < -0.3 is 44.1 Å². The molecule has 2 spiro atoms. The first-order chi connectivity index (χ1) is 46.7. The minimum absolute atomic E-state index is 0.0114. The second-order valence-corrected chi connectivity index (χ2v) is 28.4. The molecule has 4 aromatic rings. The lowest BCUT2D eigenvalue weighted by molar-refractivity contribution is -0.133. The summed E-state index contributed by atoms with van der Waals surface area (Å²) in [4.78, 5) is 116. The number of amides is 5. The van der Waals surface area contributed by atoms with Crippen molar-refractivity contribution in [2.45, 2.75) is 187 Å². The van der Waals surface area contributed by atoms with E-state index in [-0.39, 0.29) is 115 Å². The number of nitrogens with one attached hydrogen (secondary N) is 1. The second-order valence-electron chi connectivity index (χ2n) is 28.4. The van der Waals surface area contributed by atoms with E-state index < -0.39 is 30.3 Å². The number of hydrogen-bond acceptors (Lipinski definition) is 13. The molecule has 18 nitrogen and oxygen atoms in total. The first-order valence-electron chi connectivity index (χ1n) is 34.9. The van der Waals surface area contributed by atoms with Crippen LogP contribution in [-0.2, 0) is 48.2 Å². The number of fused-ring (bicyclic) bond motifs is 5. The zero-order valence-electron chi connectivity index (χ0n) is 57.0. The number of carbonyl (C=O) groups is 8. The maximum atomic E-state index is 14.4. The number of aliphatic hydroxyl groups is 1. The maximum absolute atomic E-state index is 14.4. The quantitative estimate of drug-likeness (QED) is 0.0367. The third-order valence-electron chi connectivity index (χ3n) is 21.0. The van der Waals surface area contributed by atoms with E-state index in [1.165, 1.54) is 17.7 Å². The monoisotopic (exact) mass is 1320 g/mol. The lowest BCUT2D eigenvalue weighted by atomic mass is 9.88. The van der Waals surface area contributed by atoms with Gasteiger partial charge in [0.15, 0.2) is 23.5 Å². The van der Waals surface area contributed by atoms with Crippen molar-refractivity contribution in [3.8, 4) is 29.1 Å². The number of allylic oxidation sites excluding steroid dienone is 2. The number of benzene rings is 4. The van der Waals surface area contributed by atoms with Gasteiger partial charge in [-0.1, -0.05) is 93.8 Å². The number of aliphatic hydroxyl groups excluding tert-OH is 1. The largest absolute Gasteiger partial charge is 0.493 e. The van der Waals surface area contributed by atoms with E-state index in [0.29, 0.717) is 120 Å². The number of hydrogen-bond donors (Lipinski definition) is 2. The summed E-state index contributed by atoms with van der Waals surface area (Å²) in [5.74, 6) is 6.03. The van der Waals surface area contributed by atoms with Crippen LogP contribution in [0.15, 0.2) is 109 Å². The summed E-state index contributed by atoms with van der Waals surface area (Å²) >= 11 is 0. The molecule has 7 aliphatic rings. The highest BCUT2D eigenvalue weighted by Crippen LogP contribution is 2.58. The number of ether oxygens (including phenoxy) is 4. The summed E-state index contributed by atoms with van der Waals surface area (Å²) in [5.41, 5.74) is 7.34. The van der Waals surface area contributed by atoms with E-state index in [9.17, 15) is 43.5 Å². The molecule has 2 N–H and O–H groups in total. The molecule has 0 unspecified atom stereocenters. The summed E-state index contributed by atoms with van der Waals surface area (Å²) in [5, 5.41) is 15.0. The van der Waals surface area contributed by atoms with Crippen LogP contribution in [0, 0.1) is 41.4 Å². The Morgan fingerprint density at radius 2 is 1.39 bits per heavy atom. The molecular weight excluding hydrogens is 1230 g/mol. The first kappa shape index (κ1) is 69.5. The molecule has 2 saturated carbocycles. The van der Waals surface area contributed by atoms with E-state index in [1.807, 2.05) is 57.2 Å². The van der Waals surface area contributed by atoms with Gasteiger partial charge in [-0.25, -0.2) is 9.69 Å². The lowest BCUT2D eigenvalue weighted by Gasteiger charge is -2.31. The fourth-order valence-corrected chi connectivity index (χ4v) is 14.7. The van der Waals surface area contributed by atoms with Crippen LogP contribution in [0.3, 0.4) is 0 Å². The van der Waals surface area contributed by atoms with Crippen molar-refractivity contribution in [3.05, 3.63) is 148 Å². The minimum Gasteiger partial charge on any atom is -0.493 e. The smallest absolute Gasteiger partial charge is 0.416 e. The molecule has 512 valence electrons. The normalized spacial score (nSPS) is 20.5. The Morgan fingerprint density at radius 3 is 2.09 bits per heavy atom. The number of anilines is 2. The number of aryl methyl sites for hydroxylation is 2. The highest BCUT2D eigenvalue weighted by molar-refractivity contribution is 6.06. The van der Waals surface area contributed by atoms with Gasteiger partial charge in [-0.05, 0) is 172 Å². The van der Waals surface area contributed by atoms with Crippen LogP contribution >= 0.6 is 0 Å². The maximum Gasteiger partial charge on any atom is 0.416 e. The Balaban J connectivity index is 0.616. The number of rotatable bonds is 30. The highest BCUT2D eigenvalue weighted by Gasteiger charge is 2.58. The number of ketones is 3. The molecule has 18 heteroatoms. The molecule has 11 rings (SSSR count). The van der Waals surface area contributed by atoms with E-state index >= 15 is 0 Å². The van der Waals surface area contributed by atoms with Crippen LogP contribution < -0.4 is 29.3 Å². The molecule has 0 bridgehead atoms. The summed E-state index contributed by atoms with van der Waals surface area (Å²) in [6.45, 7) is 17.3. The Morgan fingerprint density at radius 1 is 0.722 bits per heavy atom. The topological polar surface area (TPSA) is 219 Å². The summed E-state index contributed by atoms with van der Waals surface area (Å²) in [6, 6.07) is 20.5. The zero-order valence-corrected chi connectivity index (χ0v) is 57.0. The summed E-state index contributed by atoms with van der Waals surface area (Å²) < 4.78 is 24.3. The lowest BCUT2D eigenvalue weighted by Crippen LogP contribution is -2.50. The zero-order chi connectivity index (χ0) is 68.7. The van der Waals surface area contributed by atoms with Crippen molar-refractivity contribution in [1.82, 2.24) is 15.1 Å². The van der Waals surface area contributed by atoms with Crippen molar-refractivity contribution in [2.75, 3.05) is 49.8 Å². The molecule has 2 aliphatic carbocycles. The standard InChI is InChI=1S/C79H93N5O13/c1-8-55-26-27-57-18-14-15-21-65(57)81(46-56(55)9-2)72(88)31-30-60(85)19-12-10-13-20-61(86)41-62(50(3)4)73(89)80-52(6)68(87)39-53-22-24-54(25-23-53)47-97-77(93)84-66-43-69(51(5)38-64(66)75(91)83-49-79(34-35-79)45-67(83)76(84)92)95-36-16-11-17-37-96-71-40-58-28-29-59-44-78(32-33-78)48-82(59)74(90)63(58)42-70(71)94-7/h8-9,14-15,18,21-25,38,40,42-43,50,52,59,62,67,76,92H,1-2,10-13,16-17,19-20,28-37,39,41,44-49H2,3-7H3,(H,80,89)/b56-55-/t52-,59+,62-,67-,76-/m0/s1. The van der Waals surface area contributed by atoms with Gasteiger partial charge in [0.1, 0.15) is 23.9 Å². The molecule has 5 aliphatic heterocycles. The van der Waals surface area contributed by atoms with Gasteiger partial charge in [-0.15, -0.1) is 0 Å². The summed E-state index contributed by atoms with van der Waals surface area (Å²) in [7, 11) is 1.60. The van der Waals surface area contributed by atoms with Gasteiger partial charge in [0.25, 0.3) is 11.8 Å². The van der Waals surface area contributed by atoms with Gasteiger partial charge in [0.2, 0.25) is 11.8 Å². The second kappa shape index (κ2) is 30.3. The molecule has 5 atom stereocenters.